The molecule has 2 aromatic rings. The Bertz CT molecular complexity index is 895. The largest absolute Gasteiger partial charge is 0.490 e. The Morgan fingerprint density at radius 3 is 2.45 bits per heavy atom. The molecule has 3 heterocycles. The first-order chi connectivity index (χ1) is 14.5. The van der Waals surface area contributed by atoms with Gasteiger partial charge in [0, 0.05) is 46.6 Å². The van der Waals surface area contributed by atoms with Gasteiger partial charge < -0.3 is 23.9 Å². The van der Waals surface area contributed by atoms with E-state index in [4.69, 9.17) is 14.6 Å². The van der Waals surface area contributed by atoms with E-state index < -0.39 is 12.1 Å². The van der Waals surface area contributed by atoms with Gasteiger partial charge in [0.15, 0.2) is 5.82 Å². The topological polar surface area (TPSA) is 119 Å². The second kappa shape index (κ2) is 10.3. The molecule has 1 aliphatic rings. The van der Waals surface area contributed by atoms with Crippen LogP contribution in [-0.2, 0) is 47.6 Å². The van der Waals surface area contributed by atoms with Crippen molar-refractivity contribution in [3.63, 3.8) is 0 Å². The molecule has 3 rings (SSSR count). The number of hydrogen-bond acceptors (Lipinski definition) is 7. The van der Waals surface area contributed by atoms with Crippen LogP contribution in [0.25, 0.3) is 0 Å². The summed E-state index contributed by atoms with van der Waals surface area (Å²) < 4.78 is 41.3. The van der Waals surface area contributed by atoms with E-state index in [0.29, 0.717) is 6.61 Å². The van der Waals surface area contributed by atoms with Gasteiger partial charge in [-0.3, -0.25) is 9.69 Å². The normalized spacial score (nSPS) is 13.9. The third-order valence-electron chi connectivity index (χ3n) is 4.39. The lowest BCUT2D eigenvalue weighted by Gasteiger charge is -2.27. The molecule has 0 fully saturated rings. The molecule has 0 saturated heterocycles. The zero-order valence-corrected chi connectivity index (χ0v) is 17.3. The number of hydrogen-bond donors (Lipinski definition) is 1. The van der Waals surface area contributed by atoms with Crippen LogP contribution in [0.1, 0.15) is 17.5 Å². The molecule has 2 aromatic heterocycles. The summed E-state index contributed by atoms with van der Waals surface area (Å²) in [6.45, 7) is 3.59. The van der Waals surface area contributed by atoms with E-state index in [1.807, 2.05) is 24.0 Å². The average molecular weight is 447 g/mol. The molecule has 0 spiro atoms. The summed E-state index contributed by atoms with van der Waals surface area (Å²) >= 11 is 0. The van der Waals surface area contributed by atoms with Gasteiger partial charge in [0.25, 0.3) is 0 Å². The molecular formula is C17H24F3N7O4. The zero-order chi connectivity index (χ0) is 23.2. The van der Waals surface area contributed by atoms with Crippen molar-refractivity contribution in [2.45, 2.75) is 32.4 Å². The van der Waals surface area contributed by atoms with Crippen LogP contribution in [0, 0.1) is 0 Å². The Morgan fingerprint density at radius 1 is 1.23 bits per heavy atom. The fraction of sp³-hybridized carbons (Fsp3) is 0.588. The van der Waals surface area contributed by atoms with Gasteiger partial charge in [-0.1, -0.05) is 0 Å². The van der Waals surface area contributed by atoms with Crippen LogP contribution in [-0.4, -0.2) is 84.5 Å². The van der Waals surface area contributed by atoms with E-state index in [-0.39, 0.29) is 12.5 Å². The predicted molar refractivity (Wildman–Crippen MR) is 99.4 cm³/mol. The van der Waals surface area contributed by atoms with Crippen LogP contribution in [0.2, 0.25) is 0 Å². The number of carbonyl (C=O) groups is 2. The number of rotatable bonds is 6. The lowest BCUT2D eigenvalue weighted by molar-refractivity contribution is -0.192. The number of imidazole rings is 1. The Labute approximate surface area is 176 Å². The highest BCUT2D eigenvalue weighted by Crippen LogP contribution is 2.15. The molecule has 1 N–H and O–H groups in total. The van der Waals surface area contributed by atoms with Crippen molar-refractivity contribution in [3.05, 3.63) is 29.9 Å². The van der Waals surface area contributed by atoms with Gasteiger partial charge in [-0.05, 0) is 0 Å². The van der Waals surface area contributed by atoms with E-state index in [1.54, 1.807) is 14.1 Å². The minimum Gasteiger partial charge on any atom is -0.475 e. The van der Waals surface area contributed by atoms with E-state index in [1.165, 1.54) is 4.90 Å². The number of nitrogens with zero attached hydrogens (tertiary/aromatic N) is 7. The molecule has 11 nitrogen and oxygen atoms in total. The maximum absolute atomic E-state index is 11.5. The first kappa shape index (κ1) is 24.3. The molecule has 0 bridgehead atoms. The minimum absolute atomic E-state index is 0.0560. The summed E-state index contributed by atoms with van der Waals surface area (Å²) in [6.07, 6.45) is -1.32. The number of likely N-dealkylation sites (N-methyl/N-ethyl adjacent to an activating group) is 1. The predicted octanol–water partition coefficient (Wildman–Crippen LogP) is 0.266. The first-order valence-corrected chi connectivity index (χ1v) is 9.16. The fourth-order valence-corrected chi connectivity index (χ4v) is 2.62. The summed E-state index contributed by atoms with van der Waals surface area (Å²) in [5, 5.41) is 15.6. The van der Waals surface area contributed by atoms with Crippen molar-refractivity contribution in [3.8, 4) is 0 Å². The number of amides is 1. The zero-order valence-electron chi connectivity index (χ0n) is 17.3. The number of aliphatic carboxylic acids is 1. The van der Waals surface area contributed by atoms with Gasteiger partial charge in [-0.15, -0.1) is 10.2 Å². The molecule has 1 amide bonds. The number of halogens is 3. The smallest absolute Gasteiger partial charge is 0.475 e. The summed E-state index contributed by atoms with van der Waals surface area (Å²) in [5.74, 6) is -0.0861. The quantitative estimate of drug-likeness (QED) is 0.670. The molecule has 1 aliphatic heterocycles. The van der Waals surface area contributed by atoms with Crippen molar-refractivity contribution in [2.24, 2.45) is 7.05 Å². The standard InChI is InChI=1S/C15H23N7O2.C2HF3O2/c1-19(2)15(23)11-24-10-14-18-17-13-9-21(6-7-22(13)14)8-12-16-4-5-20(12)3;3-2(4,5)1(6)7/h4-5H,6-11H2,1-3H3;(H,6,7). The lowest BCUT2D eigenvalue weighted by atomic mass is 10.3. The SMILES string of the molecule is CN(C)C(=O)COCc1nnc2n1CCN(Cc1nccn1C)C2.O=C(O)C(F)(F)F. The first-order valence-electron chi connectivity index (χ1n) is 9.16. The van der Waals surface area contributed by atoms with Crippen molar-refractivity contribution < 1.29 is 32.6 Å². The van der Waals surface area contributed by atoms with Crippen LogP contribution in [0.15, 0.2) is 12.4 Å². The van der Waals surface area contributed by atoms with Crippen molar-refractivity contribution in [1.82, 2.24) is 34.1 Å². The van der Waals surface area contributed by atoms with Crippen LogP contribution in [0.4, 0.5) is 13.2 Å². The molecule has 0 atom stereocenters. The third kappa shape index (κ3) is 7.03. The monoisotopic (exact) mass is 447 g/mol. The van der Waals surface area contributed by atoms with Crippen LogP contribution in [0.3, 0.4) is 0 Å². The molecule has 0 unspecified atom stereocenters. The van der Waals surface area contributed by atoms with E-state index >= 15 is 0 Å². The van der Waals surface area contributed by atoms with Gasteiger partial charge in [-0.2, -0.15) is 13.2 Å². The van der Waals surface area contributed by atoms with Gasteiger partial charge in [-0.25, -0.2) is 9.78 Å². The number of fused-ring (bicyclic) bond motifs is 1. The second-order valence-corrected chi connectivity index (χ2v) is 6.93. The fourth-order valence-electron chi connectivity index (χ4n) is 2.62. The number of carboxylic acids is 1. The maximum Gasteiger partial charge on any atom is 0.490 e. The van der Waals surface area contributed by atoms with Crippen molar-refractivity contribution in [2.75, 3.05) is 27.2 Å². The number of carboxylic acid groups (broad SMARTS) is 1. The van der Waals surface area contributed by atoms with Crippen molar-refractivity contribution >= 4 is 11.9 Å². The number of aromatic nitrogens is 5. The Hall–Kier alpha value is -3.00. The molecule has 14 heteroatoms. The number of ether oxygens (including phenoxy) is 1. The van der Waals surface area contributed by atoms with E-state index in [0.717, 1.165) is 43.7 Å². The van der Waals surface area contributed by atoms with Crippen LogP contribution >= 0.6 is 0 Å². The minimum atomic E-state index is -5.08. The molecule has 0 saturated carbocycles. The van der Waals surface area contributed by atoms with Gasteiger partial charge >= 0.3 is 12.1 Å². The molecule has 172 valence electrons. The van der Waals surface area contributed by atoms with Gasteiger partial charge in [0.1, 0.15) is 24.9 Å². The molecule has 0 aliphatic carbocycles. The van der Waals surface area contributed by atoms with Crippen molar-refractivity contribution in [1.29, 1.82) is 0 Å². The Kier molecular flexibility index (Phi) is 8.10. The van der Waals surface area contributed by atoms with E-state index in [9.17, 15) is 18.0 Å². The molecule has 0 radical (unpaired) electrons. The molecule has 0 aromatic carbocycles. The second-order valence-electron chi connectivity index (χ2n) is 6.93. The number of aryl methyl sites for hydroxylation is 1. The summed E-state index contributed by atoms with van der Waals surface area (Å²) in [6, 6.07) is 0. The highest BCUT2D eigenvalue weighted by atomic mass is 19.4. The highest BCUT2D eigenvalue weighted by Gasteiger charge is 2.38. The molecular weight excluding hydrogens is 423 g/mol. The molecule has 31 heavy (non-hydrogen) atoms. The van der Waals surface area contributed by atoms with Crippen LogP contribution in [0.5, 0.6) is 0 Å². The Morgan fingerprint density at radius 2 is 1.90 bits per heavy atom. The highest BCUT2D eigenvalue weighted by molar-refractivity contribution is 5.76. The van der Waals surface area contributed by atoms with E-state index in [2.05, 4.69) is 24.6 Å². The summed E-state index contributed by atoms with van der Waals surface area (Å²) in [4.78, 5) is 28.6. The third-order valence-corrected chi connectivity index (χ3v) is 4.39. The van der Waals surface area contributed by atoms with Crippen LogP contribution < -0.4 is 0 Å². The lowest BCUT2D eigenvalue weighted by Crippen LogP contribution is -2.34. The van der Waals surface area contributed by atoms with Gasteiger partial charge in [0.05, 0.1) is 13.1 Å². The summed E-state index contributed by atoms with van der Waals surface area (Å²) in [7, 11) is 5.42. The average Bonchev–Trinajstić information content (AvgIpc) is 3.27. The Balaban J connectivity index is 0.000000423. The maximum atomic E-state index is 11.5. The number of carbonyl (C=O) groups excluding carboxylic acids is 1. The number of alkyl halides is 3. The van der Waals surface area contributed by atoms with Gasteiger partial charge in [0.2, 0.25) is 5.91 Å². The summed E-state index contributed by atoms with van der Waals surface area (Å²) in [5.41, 5.74) is 0.